The van der Waals surface area contributed by atoms with Crippen molar-refractivity contribution in [1.29, 1.82) is 0 Å². The van der Waals surface area contributed by atoms with E-state index in [1.165, 1.54) is 49.9 Å². The Labute approximate surface area is 278 Å². The number of aromatic nitrogens is 2. The van der Waals surface area contributed by atoms with Gasteiger partial charge in [0.05, 0.1) is 5.56 Å². The quantitative estimate of drug-likeness (QED) is 0.151. The number of para-hydroxylation sites is 2. The minimum absolute atomic E-state index is 0.291. The van der Waals surface area contributed by atoms with Gasteiger partial charge in [0.2, 0.25) is 0 Å². The van der Waals surface area contributed by atoms with E-state index in [1.807, 2.05) is 18.2 Å². The first-order valence-electron chi connectivity index (χ1n) is 17.2. The Hall–Kier alpha value is -4.83. The molecule has 1 atom stereocenters. The van der Waals surface area contributed by atoms with E-state index >= 15 is 0 Å². The fraction of sp³-hybridized carbons (Fsp3) is 0.279. The van der Waals surface area contributed by atoms with Crippen molar-refractivity contribution in [2.45, 2.75) is 79.0 Å². The van der Waals surface area contributed by atoms with E-state index in [-0.39, 0.29) is 5.97 Å². The third-order valence-electron chi connectivity index (χ3n) is 10.6. The van der Waals surface area contributed by atoms with Gasteiger partial charge in [0.25, 0.3) is 0 Å². The van der Waals surface area contributed by atoms with Crippen LogP contribution in [0.25, 0.3) is 27.4 Å². The van der Waals surface area contributed by atoms with Crippen LogP contribution in [0.4, 0.5) is 0 Å². The number of rotatable bonds is 9. The third-order valence-corrected chi connectivity index (χ3v) is 10.6. The van der Waals surface area contributed by atoms with Crippen molar-refractivity contribution in [2.75, 3.05) is 0 Å². The molecule has 4 aromatic carbocycles. The molecule has 1 unspecified atom stereocenters. The molecule has 238 valence electrons. The molecule has 0 saturated carbocycles. The number of benzene rings is 4. The van der Waals surface area contributed by atoms with Crippen LogP contribution in [0, 0.1) is 13.8 Å². The lowest BCUT2D eigenvalue weighted by Gasteiger charge is -2.29. The summed E-state index contributed by atoms with van der Waals surface area (Å²) < 4.78 is 11.5. The molecule has 2 aromatic heterocycles. The van der Waals surface area contributed by atoms with Gasteiger partial charge in [-0.05, 0) is 81.9 Å². The first-order valence-corrected chi connectivity index (χ1v) is 17.2. The Balaban J connectivity index is 1.62. The molecule has 0 bridgehead atoms. The molecule has 47 heavy (non-hydrogen) atoms. The summed E-state index contributed by atoms with van der Waals surface area (Å²) in [5.41, 5.74) is 10.9. The van der Waals surface area contributed by atoms with Crippen LogP contribution in [-0.4, -0.2) is 15.1 Å². The summed E-state index contributed by atoms with van der Waals surface area (Å²) in [6, 6.07) is 34.1. The molecule has 0 spiro atoms. The maximum Gasteiger partial charge on any atom is 0.340 e. The lowest BCUT2D eigenvalue weighted by molar-refractivity contribution is 0.0276. The van der Waals surface area contributed by atoms with Gasteiger partial charge < -0.3 is 13.9 Å². The SMILES string of the molecule is CCC(CC)c1ccc(C2(C=C(c3c(C)n(CC)c4ccccc34)c3c(C)n(CC)c4ccccc34)OC(=O)c3ccccc32)cc1. The van der Waals surface area contributed by atoms with Crippen LogP contribution in [0.2, 0.25) is 0 Å². The fourth-order valence-electron chi connectivity index (χ4n) is 8.24. The fourth-order valence-corrected chi connectivity index (χ4v) is 8.24. The minimum atomic E-state index is -1.11. The molecule has 0 radical (unpaired) electrons. The van der Waals surface area contributed by atoms with Gasteiger partial charge in [0.15, 0.2) is 5.60 Å². The summed E-state index contributed by atoms with van der Waals surface area (Å²) in [6.45, 7) is 15.1. The molecule has 4 heteroatoms. The highest BCUT2D eigenvalue weighted by Gasteiger charge is 2.46. The van der Waals surface area contributed by atoms with Crippen LogP contribution in [-0.2, 0) is 23.4 Å². The number of ether oxygens (including phenoxy) is 1. The Bertz CT molecular complexity index is 2070. The highest BCUT2D eigenvalue weighted by molar-refractivity contribution is 6.07. The monoisotopic (exact) mass is 620 g/mol. The van der Waals surface area contributed by atoms with Crippen LogP contribution in [0.15, 0.2) is 103 Å². The predicted molar refractivity (Wildman–Crippen MR) is 194 cm³/mol. The summed E-state index contributed by atoms with van der Waals surface area (Å²) >= 11 is 0. The summed E-state index contributed by atoms with van der Waals surface area (Å²) in [5, 5.41) is 2.39. The molecule has 7 rings (SSSR count). The Morgan fingerprint density at radius 1 is 0.702 bits per heavy atom. The van der Waals surface area contributed by atoms with E-state index < -0.39 is 5.60 Å². The van der Waals surface area contributed by atoms with E-state index in [9.17, 15) is 4.79 Å². The summed E-state index contributed by atoms with van der Waals surface area (Å²) in [4.78, 5) is 13.8. The molecule has 0 amide bonds. The van der Waals surface area contributed by atoms with Crippen LogP contribution in [0.3, 0.4) is 0 Å². The van der Waals surface area contributed by atoms with Gasteiger partial charge in [-0.25, -0.2) is 4.79 Å². The molecular formula is C43H44N2O2. The zero-order valence-electron chi connectivity index (χ0n) is 28.4. The molecule has 0 fully saturated rings. The van der Waals surface area contributed by atoms with E-state index in [2.05, 4.69) is 136 Å². The summed E-state index contributed by atoms with van der Waals surface area (Å²) in [6.07, 6.45) is 4.45. The molecule has 4 nitrogen and oxygen atoms in total. The van der Waals surface area contributed by atoms with E-state index in [4.69, 9.17) is 4.74 Å². The largest absolute Gasteiger partial charge is 0.441 e. The van der Waals surface area contributed by atoms with Gasteiger partial charge in [-0.2, -0.15) is 0 Å². The third kappa shape index (κ3) is 4.68. The van der Waals surface area contributed by atoms with Crippen molar-refractivity contribution < 1.29 is 9.53 Å². The number of esters is 1. The van der Waals surface area contributed by atoms with E-state index in [0.717, 1.165) is 42.6 Å². The van der Waals surface area contributed by atoms with Crippen LogP contribution in [0.1, 0.15) is 96.0 Å². The Morgan fingerprint density at radius 2 is 1.21 bits per heavy atom. The highest BCUT2D eigenvalue weighted by Crippen LogP contribution is 2.49. The lowest BCUT2D eigenvalue weighted by atomic mass is 9.80. The molecular weight excluding hydrogens is 576 g/mol. The van der Waals surface area contributed by atoms with Crippen molar-refractivity contribution in [3.8, 4) is 0 Å². The van der Waals surface area contributed by atoms with Gasteiger partial charge >= 0.3 is 5.97 Å². The summed E-state index contributed by atoms with van der Waals surface area (Å²) in [5.74, 6) is 0.204. The van der Waals surface area contributed by atoms with Crippen molar-refractivity contribution in [1.82, 2.24) is 9.13 Å². The number of hydrogen-bond acceptors (Lipinski definition) is 2. The number of aryl methyl sites for hydroxylation is 2. The topological polar surface area (TPSA) is 36.2 Å². The van der Waals surface area contributed by atoms with Gasteiger partial charge in [-0.15, -0.1) is 0 Å². The molecule has 0 N–H and O–H groups in total. The van der Waals surface area contributed by atoms with Crippen LogP contribution >= 0.6 is 0 Å². The average molecular weight is 621 g/mol. The number of carbonyl (C=O) groups excluding carboxylic acids is 1. The highest BCUT2D eigenvalue weighted by atomic mass is 16.6. The maximum absolute atomic E-state index is 13.8. The first-order chi connectivity index (χ1) is 22.9. The van der Waals surface area contributed by atoms with E-state index in [0.29, 0.717) is 11.5 Å². The Kier molecular flexibility index (Phi) is 7.91. The second-order valence-corrected chi connectivity index (χ2v) is 12.8. The molecule has 6 aromatic rings. The van der Waals surface area contributed by atoms with Crippen molar-refractivity contribution in [3.05, 3.63) is 148 Å². The number of hydrogen-bond donors (Lipinski definition) is 0. The van der Waals surface area contributed by atoms with Crippen molar-refractivity contribution in [2.24, 2.45) is 0 Å². The second-order valence-electron chi connectivity index (χ2n) is 12.8. The number of carbonyl (C=O) groups is 1. The number of fused-ring (bicyclic) bond motifs is 3. The van der Waals surface area contributed by atoms with Crippen molar-refractivity contribution >= 4 is 33.3 Å². The number of nitrogens with zero attached hydrogens (tertiary/aromatic N) is 2. The lowest BCUT2D eigenvalue weighted by Crippen LogP contribution is -2.26. The van der Waals surface area contributed by atoms with Gasteiger partial charge in [0.1, 0.15) is 0 Å². The van der Waals surface area contributed by atoms with Gasteiger partial charge in [-0.3, -0.25) is 0 Å². The van der Waals surface area contributed by atoms with Crippen LogP contribution < -0.4 is 0 Å². The second kappa shape index (κ2) is 12.1. The normalized spacial score (nSPS) is 15.9. The molecule has 0 aliphatic carbocycles. The molecule has 1 aliphatic heterocycles. The molecule has 0 saturated heterocycles. The van der Waals surface area contributed by atoms with Crippen molar-refractivity contribution in [3.63, 3.8) is 0 Å². The molecule has 1 aliphatic rings. The van der Waals surface area contributed by atoms with Gasteiger partial charge in [0, 0.05) is 68.5 Å². The van der Waals surface area contributed by atoms with E-state index in [1.54, 1.807) is 0 Å². The number of cyclic esters (lactones) is 1. The predicted octanol–water partition coefficient (Wildman–Crippen LogP) is 10.7. The molecule has 3 heterocycles. The Morgan fingerprint density at radius 3 is 1.74 bits per heavy atom. The standard InChI is InChI=1S/C43H44N2O2/c1-7-30(8-2)31-23-25-32(26-24-31)43(37-20-14-11-17-33(37)42(46)47-43)27-36(40-28(5)44(9-3)38-21-15-12-18-34(38)40)41-29(6)45(10-4)39-22-16-13-19-35(39)41/h11-27,30H,7-10H2,1-6H3. The zero-order chi connectivity index (χ0) is 32.9. The van der Waals surface area contributed by atoms with Crippen LogP contribution in [0.5, 0.6) is 0 Å². The summed E-state index contributed by atoms with van der Waals surface area (Å²) in [7, 11) is 0. The van der Waals surface area contributed by atoms with Gasteiger partial charge in [-0.1, -0.05) is 92.7 Å². The average Bonchev–Trinajstić information content (AvgIpc) is 3.67. The zero-order valence-corrected chi connectivity index (χ0v) is 28.4. The first kappa shape index (κ1) is 30.8. The smallest absolute Gasteiger partial charge is 0.340 e. The minimum Gasteiger partial charge on any atom is -0.441 e. The maximum atomic E-state index is 13.8.